The number of ether oxygens (including phenoxy) is 1. The number of nitrogens with two attached hydrogens (primary N) is 1. The molecule has 1 aliphatic heterocycles. The van der Waals surface area contributed by atoms with E-state index in [1.54, 1.807) is 6.92 Å². The van der Waals surface area contributed by atoms with Crippen molar-refractivity contribution in [1.29, 1.82) is 0 Å². The van der Waals surface area contributed by atoms with Crippen molar-refractivity contribution in [2.75, 3.05) is 13.2 Å². The Labute approximate surface area is 309 Å². The van der Waals surface area contributed by atoms with Gasteiger partial charge in [-0.25, -0.2) is 32.6 Å². The minimum atomic E-state index is -3.28. The van der Waals surface area contributed by atoms with E-state index in [4.69, 9.17) is 27.1 Å². The Balaban J connectivity index is 1.59. The van der Waals surface area contributed by atoms with Crippen LogP contribution in [0.2, 0.25) is 5.02 Å². The zero-order valence-corrected chi connectivity index (χ0v) is 30.4. The Bertz CT molecular complexity index is 2000. The van der Waals surface area contributed by atoms with Crippen molar-refractivity contribution < 1.29 is 45.1 Å². The molecule has 2 amide bonds. The molecule has 3 aromatic rings. The van der Waals surface area contributed by atoms with Gasteiger partial charge in [-0.15, -0.1) is 0 Å². The molecule has 12 nitrogen and oxygen atoms in total. The summed E-state index contributed by atoms with van der Waals surface area (Å²) in [5.74, 6) is -5.60. The largest absolute Gasteiger partial charge is 0.447 e. The lowest BCUT2D eigenvalue weighted by Crippen LogP contribution is -2.55. The lowest BCUT2D eigenvalue weighted by molar-refractivity contribution is -0.138. The van der Waals surface area contributed by atoms with Gasteiger partial charge >= 0.3 is 19.2 Å². The van der Waals surface area contributed by atoms with Crippen LogP contribution < -0.4 is 11.1 Å². The Morgan fingerprint density at radius 1 is 1.13 bits per heavy atom. The number of aliphatic imine (C=N–C) groups is 1. The summed E-state index contributed by atoms with van der Waals surface area (Å²) in [6, 6.07) is 2.66. The number of rotatable bonds is 12. The van der Waals surface area contributed by atoms with Crippen molar-refractivity contribution in [2.24, 2.45) is 21.6 Å². The second-order valence-corrected chi connectivity index (χ2v) is 15.0. The number of carbonyl (C=O) groups excluding carboxylic acids is 2. The average molecular weight is 788 g/mol. The maximum Gasteiger partial charge on any atom is 0.407 e. The molecule has 0 saturated heterocycles. The molecule has 2 aromatic heterocycles. The van der Waals surface area contributed by atoms with Crippen LogP contribution in [0.5, 0.6) is 0 Å². The second kappa shape index (κ2) is 14.7. The molecule has 292 valence electrons. The predicted molar refractivity (Wildman–Crippen MR) is 183 cm³/mol. The molecule has 0 radical (unpaired) electrons. The Morgan fingerprint density at radius 3 is 2.43 bits per heavy atom. The molecule has 0 saturated carbocycles. The number of alkyl carbamates (subject to hydrolysis) is 1. The van der Waals surface area contributed by atoms with Crippen molar-refractivity contribution in [2.45, 2.75) is 78.1 Å². The van der Waals surface area contributed by atoms with Gasteiger partial charge in [-0.3, -0.25) is 9.69 Å². The van der Waals surface area contributed by atoms with Crippen molar-refractivity contribution >= 4 is 35.1 Å². The quantitative estimate of drug-likeness (QED) is 0.179. The van der Waals surface area contributed by atoms with E-state index in [1.165, 1.54) is 30.4 Å². The number of nitrogens with zero attached hydrogens (tertiary/aromatic N) is 7. The zero-order chi connectivity index (χ0) is 40.0. The summed E-state index contributed by atoms with van der Waals surface area (Å²) in [4.78, 5) is 37.3. The molecule has 0 fully saturated rings. The molecule has 2 aliphatic rings. The van der Waals surface area contributed by atoms with E-state index < -0.39 is 72.4 Å². The topological polar surface area (TPSA) is 146 Å². The third kappa shape index (κ3) is 8.09. The summed E-state index contributed by atoms with van der Waals surface area (Å²) in [7, 11) is 0. The Morgan fingerprint density at radius 2 is 1.83 bits per heavy atom. The minimum Gasteiger partial charge on any atom is -0.447 e. The molecule has 54 heavy (non-hydrogen) atoms. The minimum absolute atomic E-state index is 0.00813. The van der Waals surface area contributed by atoms with Crippen LogP contribution >= 0.6 is 11.6 Å². The first-order chi connectivity index (χ1) is 25.1. The molecule has 20 heteroatoms. The Hall–Kier alpha value is -4.94. The number of hydrogen-bond donors (Lipinski definition) is 2. The average Bonchev–Trinajstić information content (AvgIpc) is 3.80. The van der Waals surface area contributed by atoms with E-state index >= 15 is 9.18 Å². The number of hydrogen-bond acceptors (Lipinski definition) is 8. The summed E-state index contributed by atoms with van der Waals surface area (Å²) in [5.41, 5.74) is 2.76. The predicted octanol–water partition coefficient (Wildman–Crippen LogP) is 7.69. The first-order valence-electron chi connectivity index (χ1n) is 16.4. The van der Waals surface area contributed by atoms with Crippen LogP contribution in [0.4, 0.5) is 35.5 Å². The lowest BCUT2D eigenvalue weighted by Gasteiger charge is -2.45. The molecule has 3 heterocycles. The summed E-state index contributed by atoms with van der Waals surface area (Å²) in [6.07, 6.45) is 4.30. The highest BCUT2D eigenvalue weighted by atomic mass is 35.5. The number of allylic oxidation sites excluding steroid dienone is 3. The normalized spacial score (nSPS) is 21.4. The zero-order valence-electron chi connectivity index (χ0n) is 29.6. The maximum atomic E-state index is 16.1. The first kappa shape index (κ1) is 40.2. The number of halogens is 8. The van der Waals surface area contributed by atoms with E-state index in [1.807, 2.05) is 26.1 Å². The van der Waals surface area contributed by atoms with Gasteiger partial charge in [0.05, 0.1) is 23.8 Å². The highest BCUT2D eigenvalue weighted by Crippen LogP contribution is 2.54. The van der Waals surface area contributed by atoms with Crippen LogP contribution in [0, 0.1) is 10.8 Å². The van der Waals surface area contributed by atoms with Gasteiger partial charge in [-0.05, 0) is 42.0 Å². The highest BCUT2D eigenvalue weighted by Gasteiger charge is 2.61. The number of guanidine groups is 1. The van der Waals surface area contributed by atoms with Gasteiger partial charge in [0, 0.05) is 35.2 Å². The fourth-order valence-electron chi connectivity index (χ4n) is 6.57. The second-order valence-electron chi connectivity index (χ2n) is 14.5. The number of amides is 2. The summed E-state index contributed by atoms with van der Waals surface area (Å²) in [6.45, 7) is -0.210. The molecular formula is C34H37ClF7N9O3. The smallest absolute Gasteiger partial charge is 0.407 e. The number of carbonyl (C=O) groups is 2. The van der Waals surface area contributed by atoms with Crippen molar-refractivity contribution in [1.82, 2.24) is 34.8 Å². The summed E-state index contributed by atoms with van der Waals surface area (Å²) < 4.78 is 103. The number of benzene rings is 1. The number of nitrogens with one attached hydrogen (secondary N) is 1. The molecule has 1 aliphatic carbocycles. The van der Waals surface area contributed by atoms with Gasteiger partial charge in [0.15, 0.2) is 17.3 Å². The van der Waals surface area contributed by atoms with Crippen molar-refractivity contribution in [3.05, 3.63) is 71.0 Å². The van der Waals surface area contributed by atoms with Crippen LogP contribution in [0.1, 0.15) is 77.7 Å². The Kier molecular flexibility index (Phi) is 11.0. The molecular weight excluding hydrogens is 751 g/mol. The number of alkyl halides is 6. The van der Waals surface area contributed by atoms with E-state index in [0.29, 0.717) is 16.3 Å². The first-order valence-corrected chi connectivity index (χ1v) is 16.8. The third-order valence-corrected chi connectivity index (χ3v) is 9.33. The van der Waals surface area contributed by atoms with Crippen LogP contribution in [0.25, 0.3) is 17.0 Å². The van der Waals surface area contributed by atoms with Gasteiger partial charge in [0.25, 0.3) is 11.8 Å². The summed E-state index contributed by atoms with van der Waals surface area (Å²) in [5, 5.41) is 9.01. The van der Waals surface area contributed by atoms with Gasteiger partial charge in [-0.2, -0.15) is 32.4 Å². The maximum absolute atomic E-state index is 16.1. The van der Waals surface area contributed by atoms with E-state index in [9.17, 15) is 31.1 Å². The van der Waals surface area contributed by atoms with Gasteiger partial charge in [-0.1, -0.05) is 51.4 Å². The van der Waals surface area contributed by atoms with E-state index in [0.717, 1.165) is 23.6 Å². The summed E-state index contributed by atoms with van der Waals surface area (Å²) >= 11 is 6.41. The monoisotopic (exact) mass is 787 g/mol. The van der Waals surface area contributed by atoms with Crippen LogP contribution in [-0.4, -0.2) is 72.0 Å². The van der Waals surface area contributed by atoms with Crippen LogP contribution in [0.3, 0.4) is 0 Å². The van der Waals surface area contributed by atoms with Gasteiger partial charge in [0.2, 0.25) is 0 Å². The fourth-order valence-corrected chi connectivity index (χ4v) is 6.78. The molecule has 0 spiro atoms. The molecule has 3 N–H and O–H groups in total. The molecule has 5 rings (SSSR count). The van der Waals surface area contributed by atoms with Crippen LogP contribution in [0.15, 0.2) is 59.9 Å². The third-order valence-electron chi connectivity index (χ3n) is 9.00. The molecule has 3 atom stereocenters. The van der Waals surface area contributed by atoms with Crippen LogP contribution in [-0.2, 0) is 9.53 Å². The van der Waals surface area contributed by atoms with Gasteiger partial charge in [0.1, 0.15) is 18.8 Å². The standard InChI is InChI=1S/C34H37ClF7N9O3/c1-31(2,3)15-34(32(4)9-8-20(23(36)11-32)19-12-46-49(13-19)27(37)38)26(52)50(29(43)48-34)24(14-54-30(53)44-16-33(5,41)42)18-6-7-22(35)21(10-18)25-45-17-47-51(25)28(39)40/h6-8,10-13,17,24,27-28H,9,14-16H2,1-5H3,(H2,43,48)(H,44,53)/t24-,32?,34+/m1/s1. The molecule has 0 bridgehead atoms. The van der Waals surface area contributed by atoms with Crippen molar-refractivity contribution in [3.63, 3.8) is 0 Å². The van der Waals surface area contributed by atoms with E-state index in [-0.39, 0.29) is 51.9 Å². The molecule has 1 unspecified atom stereocenters. The molecule has 1 aromatic carbocycles. The van der Waals surface area contributed by atoms with Gasteiger partial charge < -0.3 is 15.8 Å². The number of aromatic nitrogens is 5. The highest BCUT2D eigenvalue weighted by molar-refractivity contribution is 6.33. The fraction of sp³-hybridized carbons (Fsp3) is 0.471. The SMILES string of the molecule is CC(C)(C)C[C@]1(C2(C)C=C(F)C(c3cnn(C(F)F)c3)=CC2)N=C(N)N([C@H](COC(=O)NCC(C)(F)F)c2ccc(Cl)c(-c3ncnn3C(F)F)c2)C1=O. The van der Waals surface area contributed by atoms with E-state index in [2.05, 4.69) is 15.2 Å². The lowest BCUT2D eigenvalue weighted by atomic mass is 9.61. The van der Waals surface area contributed by atoms with Crippen molar-refractivity contribution in [3.8, 4) is 11.4 Å².